The van der Waals surface area contributed by atoms with Crippen LogP contribution in [0.4, 0.5) is 13.6 Å². The molecule has 116 valence electrons. The summed E-state index contributed by atoms with van der Waals surface area (Å²) in [4.78, 5) is 23.7. The lowest BCUT2D eigenvalue weighted by Gasteiger charge is -2.29. The largest absolute Gasteiger partial charge is 0.464 e. The fourth-order valence-corrected chi connectivity index (χ4v) is 2.09. The monoisotopic (exact) mass is 293 g/mol. The Kier molecular flexibility index (Phi) is 4.94. The number of rotatable bonds is 3. The van der Waals surface area contributed by atoms with Gasteiger partial charge in [0, 0.05) is 12.8 Å². The maximum atomic E-state index is 13.4. The Morgan fingerprint density at radius 2 is 1.75 bits per heavy atom. The van der Waals surface area contributed by atoms with Crippen LogP contribution in [0.1, 0.15) is 40.5 Å². The van der Waals surface area contributed by atoms with Crippen molar-refractivity contribution in [1.82, 2.24) is 5.32 Å². The van der Waals surface area contributed by atoms with Crippen LogP contribution < -0.4 is 5.32 Å². The minimum Gasteiger partial charge on any atom is -0.464 e. The van der Waals surface area contributed by atoms with Crippen molar-refractivity contribution in [3.05, 3.63) is 0 Å². The molecule has 3 atom stereocenters. The molecule has 1 aliphatic carbocycles. The zero-order valence-corrected chi connectivity index (χ0v) is 12.2. The van der Waals surface area contributed by atoms with Crippen LogP contribution in [0.2, 0.25) is 0 Å². The summed E-state index contributed by atoms with van der Waals surface area (Å²) >= 11 is 0. The molecule has 0 bridgehead atoms. The Labute approximate surface area is 117 Å². The standard InChI is InChI=1S/C13H21F2NO4/c1-5-19-10(17)13(6-8(14)9(15)7-13)16-11(18)20-12(2,3)4/h8-9H,5-7H2,1-4H3,(H,16,18)/t8-,9+,13?. The van der Waals surface area contributed by atoms with E-state index in [9.17, 15) is 18.4 Å². The average molecular weight is 293 g/mol. The quantitative estimate of drug-likeness (QED) is 0.811. The third-order valence-electron chi connectivity index (χ3n) is 2.89. The Bertz CT molecular complexity index is 371. The molecule has 0 saturated heterocycles. The second-order valence-corrected chi connectivity index (χ2v) is 5.87. The molecule has 0 aromatic rings. The molecule has 1 fully saturated rings. The summed E-state index contributed by atoms with van der Waals surface area (Å²) in [7, 11) is 0. The van der Waals surface area contributed by atoms with Crippen LogP contribution in [0.25, 0.3) is 0 Å². The van der Waals surface area contributed by atoms with Crippen LogP contribution in [-0.2, 0) is 14.3 Å². The summed E-state index contributed by atoms with van der Waals surface area (Å²) in [5.74, 6) is -0.839. The summed E-state index contributed by atoms with van der Waals surface area (Å²) in [5, 5.41) is 2.28. The first-order valence-corrected chi connectivity index (χ1v) is 6.56. The third-order valence-corrected chi connectivity index (χ3v) is 2.89. The molecule has 1 amide bonds. The lowest BCUT2D eigenvalue weighted by molar-refractivity contribution is -0.151. The van der Waals surface area contributed by atoms with Gasteiger partial charge in [-0.2, -0.15) is 0 Å². The van der Waals surface area contributed by atoms with E-state index in [0.29, 0.717) is 0 Å². The van der Waals surface area contributed by atoms with Gasteiger partial charge < -0.3 is 14.8 Å². The fourth-order valence-electron chi connectivity index (χ4n) is 2.09. The summed E-state index contributed by atoms with van der Waals surface area (Å²) in [6.07, 6.45) is -5.42. The molecular weight excluding hydrogens is 272 g/mol. The zero-order chi connectivity index (χ0) is 15.6. The van der Waals surface area contributed by atoms with Crippen LogP contribution in [0.5, 0.6) is 0 Å². The maximum absolute atomic E-state index is 13.4. The van der Waals surface area contributed by atoms with Crippen molar-refractivity contribution in [3.63, 3.8) is 0 Å². The molecule has 1 saturated carbocycles. The van der Waals surface area contributed by atoms with E-state index in [1.54, 1.807) is 27.7 Å². The zero-order valence-electron chi connectivity index (χ0n) is 12.2. The fraction of sp³-hybridized carbons (Fsp3) is 0.846. The number of amides is 1. The Balaban J connectivity index is 2.85. The predicted octanol–water partition coefficient (Wildman–Crippen LogP) is 2.28. The average Bonchev–Trinajstić information content (AvgIpc) is 2.52. The number of alkyl carbamates (subject to hydrolysis) is 1. The molecule has 1 rings (SSSR count). The van der Waals surface area contributed by atoms with Gasteiger partial charge in [-0.15, -0.1) is 0 Å². The van der Waals surface area contributed by atoms with Crippen LogP contribution in [0, 0.1) is 0 Å². The number of carbonyl (C=O) groups excluding carboxylic acids is 2. The van der Waals surface area contributed by atoms with Gasteiger partial charge in [0.1, 0.15) is 23.5 Å². The SMILES string of the molecule is CCOC(=O)C1(NC(=O)OC(C)(C)C)C[C@@H](F)[C@@H](F)C1. The van der Waals surface area contributed by atoms with E-state index in [2.05, 4.69) is 5.32 Å². The minimum absolute atomic E-state index is 0.0600. The van der Waals surface area contributed by atoms with Crippen molar-refractivity contribution in [2.75, 3.05) is 6.61 Å². The van der Waals surface area contributed by atoms with Gasteiger partial charge in [-0.25, -0.2) is 18.4 Å². The molecule has 0 spiro atoms. The maximum Gasteiger partial charge on any atom is 0.408 e. The molecule has 1 aliphatic rings. The van der Waals surface area contributed by atoms with Gasteiger partial charge in [0.2, 0.25) is 0 Å². The van der Waals surface area contributed by atoms with Crippen LogP contribution in [0.15, 0.2) is 0 Å². The number of carbonyl (C=O) groups is 2. The van der Waals surface area contributed by atoms with E-state index in [0.717, 1.165) is 0 Å². The van der Waals surface area contributed by atoms with Crippen molar-refractivity contribution in [1.29, 1.82) is 0 Å². The third kappa shape index (κ3) is 4.05. The molecule has 20 heavy (non-hydrogen) atoms. The molecular formula is C13H21F2NO4. The van der Waals surface area contributed by atoms with E-state index in [-0.39, 0.29) is 6.61 Å². The van der Waals surface area contributed by atoms with Gasteiger partial charge in [0.25, 0.3) is 0 Å². The van der Waals surface area contributed by atoms with E-state index < -0.39 is 48.4 Å². The number of hydrogen-bond donors (Lipinski definition) is 1. The van der Waals surface area contributed by atoms with Gasteiger partial charge in [-0.05, 0) is 27.7 Å². The van der Waals surface area contributed by atoms with E-state index in [1.165, 1.54) is 0 Å². The smallest absolute Gasteiger partial charge is 0.408 e. The first kappa shape index (κ1) is 16.7. The molecule has 7 heteroatoms. The Morgan fingerprint density at radius 1 is 1.25 bits per heavy atom. The highest BCUT2D eigenvalue weighted by Crippen LogP contribution is 2.35. The second-order valence-electron chi connectivity index (χ2n) is 5.87. The number of ether oxygens (including phenoxy) is 2. The van der Waals surface area contributed by atoms with Gasteiger partial charge >= 0.3 is 12.1 Å². The second kappa shape index (κ2) is 5.93. The van der Waals surface area contributed by atoms with Crippen LogP contribution in [-0.4, -0.2) is 42.2 Å². The van der Waals surface area contributed by atoms with E-state index in [4.69, 9.17) is 9.47 Å². The molecule has 0 aromatic carbocycles. The minimum atomic E-state index is -1.81. The van der Waals surface area contributed by atoms with Gasteiger partial charge in [0.05, 0.1) is 6.61 Å². The topological polar surface area (TPSA) is 64.6 Å². The summed E-state index contributed by atoms with van der Waals surface area (Å²) in [6.45, 7) is 6.58. The summed E-state index contributed by atoms with van der Waals surface area (Å²) in [5.41, 5.74) is -2.47. The van der Waals surface area contributed by atoms with Gasteiger partial charge in [-0.3, -0.25) is 0 Å². The highest BCUT2D eigenvalue weighted by Gasteiger charge is 2.54. The number of esters is 1. The van der Waals surface area contributed by atoms with Gasteiger partial charge in [0.15, 0.2) is 0 Å². The van der Waals surface area contributed by atoms with Crippen molar-refractivity contribution in [2.45, 2.75) is 64.0 Å². The highest BCUT2D eigenvalue weighted by molar-refractivity contribution is 5.86. The predicted molar refractivity (Wildman–Crippen MR) is 67.8 cm³/mol. The van der Waals surface area contributed by atoms with Crippen molar-refractivity contribution in [3.8, 4) is 0 Å². The Hall–Kier alpha value is -1.40. The Morgan fingerprint density at radius 3 is 2.15 bits per heavy atom. The number of nitrogens with one attached hydrogen (secondary N) is 1. The molecule has 0 aliphatic heterocycles. The first-order valence-electron chi connectivity index (χ1n) is 6.56. The van der Waals surface area contributed by atoms with Crippen LogP contribution in [0.3, 0.4) is 0 Å². The van der Waals surface area contributed by atoms with E-state index in [1.807, 2.05) is 0 Å². The molecule has 1 unspecified atom stereocenters. The summed E-state index contributed by atoms with van der Waals surface area (Å²) < 4.78 is 36.7. The number of alkyl halides is 2. The van der Waals surface area contributed by atoms with Crippen molar-refractivity contribution >= 4 is 12.1 Å². The lowest BCUT2D eigenvalue weighted by atomic mass is 9.98. The normalized spacial score (nSPS) is 29.9. The number of halogens is 2. The van der Waals surface area contributed by atoms with Crippen LogP contribution >= 0.6 is 0 Å². The van der Waals surface area contributed by atoms with Crippen molar-refractivity contribution in [2.24, 2.45) is 0 Å². The van der Waals surface area contributed by atoms with Gasteiger partial charge in [-0.1, -0.05) is 0 Å². The van der Waals surface area contributed by atoms with E-state index >= 15 is 0 Å². The summed E-state index contributed by atoms with van der Waals surface area (Å²) in [6, 6.07) is 0. The molecule has 0 aromatic heterocycles. The highest BCUT2D eigenvalue weighted by atomic mass is 19.2. The lowest BCUT2D eigenvalue weighted by Crippen LogP contribution is -2.55. The number of hydrogen-bond acceptors (Lipinski definition) is 4. The van der Waals surface area contributed by atoms with Crippen molar-refractivity contribution < 1.29 is 27.8 Å². The first-order chi connectivity index (χ1) is 9.09. The molecule has 0 radical (unpaired) electrons. The molecule has 1 N–H and O–H groups in total. The molecule has 5 nitrogen and oxygen atoms in total. The molecule has 0 heterocycles.